The fraction of sp³-hybridized carbons (Fsp3) is 0.308. The van der Waals surface area contributed by atoms with Crippen LogP contribution in [-0.2, 0) is 14.3 Å². The summed E-state index contributed by atoms with van der Waals surface area (Å²) in [5.74, 6) is -2.16. The summed E-state index contributed by atoms with van der Waals surface area (Å²) in [6.45, 7) is 0. The lowest BCUT2D eigenvalue weighted by molar-refractivity contribution is -0.144. The Morgan fingerprint density at radius 1 is 1.35 bits per heavy atom. The van der Waals surface area contributed by atoms with Gasteiger partial charge in [-0.25, -0.2) is 0 Å². The Balaban J connectivity index is 2.28. The van der Waals surface area contributed by atoms with Crippen LogP contribution in [-0.4, -0.2) is 41.1 Å². The molecule has 1 aliphatic heterocycles. The van der Waals surface area contributed by atoms with Gasteiger partial charge in [-0.3, -0.25) is 14.4 Å². The van der Waals surface area contributed by atoms with Crippen LogP contribution < -0.4 is 5.32 Å². The molecule has 7 heteroatoms. The second-order valence-electron chi connectivity index (χ2n) is 4.35. The number of anilines is 1. The number of carbonyl (C=O) groups excluding carboxylic acids is 3. The Kier molecular flexibility index (Phi) is 3.82. The third kappa shape index (κ3) is 2.40. The largest absolute Gasteiger partial charge is 0.469 e. The number of esters is 1. The summed E-state index contributed by atoms with van der Waals surface area (Å²) >= 11 is 0. The number of ketones is 1. The minimum absolute atomic E-state index is 0.136. The number of benzene rings is 1. The van der Waals surface area contributed by atoms with E-state index in [-0.39, 0.29) is 16.8 Å². The number of hydrogen-bond donors (Lipinski definition) is 3. The maximum atomic E-state index is 11.5. The number of rotatable bonds is 4. The van der Waals surface area contributed by atoms with Crippen molar-refractivity contribution in [2.24, 2.45) is 0 Å². The van der Waals surface area contributed by atoms with Gasteiger partial charge in [0.1, 0.15) is 6.10 Å². The van der Waals surface area contributed by atoms with E-state index < -0.39 is 36.3 Å². The van der Waals surface area contributed by atoms with Crippen LogP contribution in [0.4, 0.5) is 5.69 Å². The minimum atomic E-state index is -1.42. The summed E-state index contributed by atoms with van der Waals surface area (Å²) < 4.78 is 4.40. The van der Waals surface area contributed by atoms with Crippen molar-refractivity contribution in [3.8, 4) is 0 Å². The van der Waals surface area contributed by atoms with Crippen molar-refractivity contribution in [3.63, 3.8) is 0 Å². The molecule has 1 aromatic carbocycles. The number of nitrogens with one attached hydrogen (secondary N) is 1. The molecule has 2 unspecified atom stereocenters. The number of amides is 1. The van der Waals surface area contributed by atoms with E-state index in [0.29, 0.717) is 0 Å². The number of para-hydroxylation sites is 1. The molecule has 2 atom stereocenters. The van der Waals surface area contributed by atoms with E-state index in [4.69, 9.17) is 0 Å². The first-order valence-electron chi connectivity index (χ1n) is 5.87. The molecule has 1 aromatic rings. The lowest BCUT2D eigenvalue weighted by Crippen LogP contribution is -2.23. The van der Waals surface area contributed by atoms with Crippen molar-refractivity contribution in [1.82, 2.24) is 0 Å². The Morgan fingerprint density at radius 3 is 2.70 bits per heavy atom. The van der Waals surface area contributed by atoms with Crippen LogP contribution in [0.3, 0.4) is 0 Å². The molecule has 20 heavy (non-hydrogen) atoms. The molecule has 0 saturated carbocycles. The highest BCUT2D eigenvalue weighted by molar-refractivity contribution is 6.51. The molecule has 0 bridgehead atoms. The topological polar surface area (TPSA) is 113 Å². The molecule has 2 rings (SSSR count). The Labute approximate surface area is 114 Å². The summed E-state index contributed by atoms with van der Waals surface area (Å²) in [7, 11) is 1.17. The van der Waals surface area contributed by atoms with Gasteiger partial charge in [0.25, 0.3) is 11.7 Å². The molecule has 0 saturated heterocycles. The second kappa shape index (κ2) is 5.40. The van der Waals surface area contributed by atoms with Crippen LogP contribution in [0, 0.1) is 0 Å². The van der Waals surface area contributed by atoms with Gasteiger partial charge >= 0.3 is 5.97 Å². The van der Waals surface area contributed by atoms with Crippen molar-refractivity contribution in [2.45, 2.75) is 18.6 Å². The van der Waals surface area contributed by atoms with Gasteiger partial charge in [-0.1, -0.05) is 12.1 Å². The van der Waals surface area contributed by atoms with Gasteiger partial charge in [-0.2, -0.15) is 0 Å². The number of aliphatic hydroxyl groups excluding tert-OH is 2. The van der Waals surface area contributed by atoms with Crippen LogP contribution in [0.15, 0.2) is 18.2 Å². The molecule has 0 fully saturated rings. The average Bonchev–Trinajstić information content (AvgIpc) is 2.73. The number of carbonyl (C=O) groups is 3. The summed E-state index contributed by atoms with van der Waals surface area (Å²) in [6.07, 6.45) is -3.22. The Morgan fingerprint density at radius 2 is 2.05 bits per heavy atom. The van der Waals surface area contributed by atoms with E-state index in [1.165, 1.54) is 25.3 Å². The predicted molar refractivity (Wildman–Crippen MR) is 67.0 cm³/mol. The van der Waals surface area contributed by atoms with E-state index in [2.05, 4.69) is 10.1 Å². The van der Waals surface area contributed by atoms with Gasteiger partial charge in [0.2, 0.25) is 0 Å². The molecule has 7 nitrogen and oxygen atoms in total. The Hall–Kier alpha value is -2.25. The molecule has 0 radical (unpaired) electrons. The Bertz CT molecular complexity index is 582. The minimum Gasteiger partial charge on any atom is -0.469 e. The lowest BCUT2D eigenvalue weighted by Gasteiger charge is -2.19. The number of aliphatic hydroxyl groups is 2. The monoisotopic (exact) mass is 279 g/mol. The van der Waals surface area contributed by atoms with Gasteiger partial charge < -0.3 is 20.3 Å². The molecule has 1 heterocycles. The molecule has 106 valence electrons. The van der Waals surface area contributed by atoms with E-state index in [9.17, 15) is 24.6 Å². The highest BCUT2D eigenvalue weighted by Gasteiger charge is 2.33. The summed E-state index contributed by atoms with van der Waals surface area (Å²) in [4.78, 5) is 33.9. The zero-order valence-electron chi connectivity index (χ0n) is 10.6. The number of ether oxygens (including phenoxy) is 1. The standard InChI is InChI=1S/C13H13NO6/c1-20-9(16)5-8(15)11(17)6-3-2-4-7-10(6)14-13(19)12(7)18/h2-4,8,11,15,17H,5H2,1H3,(H,14,18,19). The van der Waals surface area contributed by atoms with E-state index in [1.807, 2.05) is 0 Å². The zero-order valence-corrected chi connectivity index (χ0v) is 10.6. The van der Waals surface area contributed by atoms with Crippen molar-refractivity contribution in [3.05, 3.63) is 29.3 Å². The molecular formula is C13H13NO6. The quantitative estimate of drug-likeness (QED) is 0.518. The number of methoxy groups -OCH3 is 1. The maximum Gasteiger partial charge on any atom is 0.308 e. The first kappa shape index (κ1) is 14.2. The van der Waals surface area contributed by atoms with Crippen molar-refractivity contribution < 1.29 is 29.3 Å². The number of fused-ring (bicyclic) bond motifs is 1. The summed E-state index contributed by atoms with van der Waals surface area (Å²) in [6, 6.07) is 4.39. The van der Waals surface area contributed by atoms with E-state index in [1.54, 1.807) is 0 Å². The van der Waals surface area contributed by atoms with Gasteiger partial charge in [-0.05, 0) is 6.07 Å². The third-order valence-corrected chi connectivity index (χ3v) is 3.07. The van der Waals surface area contributed by atoms with E-state index >= 15 is 0 Å². The first-order valence-corrected chi connectivity index (χ1v) is 5.87. The van der Waals surface area contributed by atoms with Crippen molar-refractivity contribution in [1.29, 1.82) is 0 Å². The fourth-order valence-corrected chi connectivity index (χ4v) is 2.01. The molecular weight excluding hydrogens is 266 g/mol. The predicted octanol–water partition coefficient (Wildman–Crippen LogP) is -0.221. The highest BCUT2D eigenvalue weighted by Crippen LogP contribution is 2.33. The molecule has 1 aliphatic rings. The highest BCUT2D eigenvalue weighted by atomic mass is 16.5. The van der Waals surface area contributed by atoms with Gasteiger partial charge in [0.05, 0.1) is 30.9 Å². The summed E-state index contributed by atoms with van der Waals surface area (Å²) in [5.41, 5.74) is 0.480. The third-order valence-electron chi connectivity index (χ3n) is 3.07. The second-order valence-corrected chi connectivity index (χ2v) is 4.35. The molecule has 0 aliphatic carbocycles. The summed E-state index contributed by atoms with van der Waals surface area (Å²) in [5, 5.41) is 22.2. The van der Waals surface area contributed by atoms with Gasteiger partial charge in [0.15, 0.2) is 0 Å². The van der Waals surface area contributed by atoms with Gasteiger partial charge in [0, 0.05) is 5.56 Å². The van der Waals surface area contributed by atoms with E-state index in [0.717, 1.165) is 0 Å². The van der Waals surface area contributed by atoms with Crippen LogP contribution in [0.2, 0.25) is 0 Å². The van der Waals surface area contributed by atoms with Crippen LogP contribution >= 0.6 is 0 Å². The first-order chi connectivity index (χ1) is 9.45. The molecule has 1 amide bonds. The normalized spacial score (nSPS) is 16.4. The van der Waals surface area contributed by atoms with Crippen LogP contribution in [0.1, 0.15) is 28.4 Å². The van der Waals surface area contributed by atoms with Crippen LogP contribution in [0.5, 0.6) is 0 Å². The fourth-order valence-electron chi connectivity index (χ4n) is 2.01. The lowest BCUT2D eigenvalue weighted by atomic mass is 9.98. The van der Waals surface area contributed by atoms with Gasteiger partial charge in [-0.15, -0.1) is 0 Å². The average molecular weight is 279 g/mol. The van der Waals surface area contributed by atoms with Crippen molar-refractivity contribution >= 4 is 23.3 Å². The van der Waals surface area contributed by atoms with Crippen LogP contribution in [0.25, 0.3) is 0 Å². The molecule has 0 aromatic heterocycles. The molecule has 0 spiro atoms. The smallest absolute Gasteiger partial charge is 0.308 e. The number of Topliss-reactive ketones (excluding diaryl/α,β-unsaturated/α-hetero) is 1. The maximum absolute atomic E-state index is 11.5. The zero-order chi connectivity index (χ0) is 14.9. The number of hydrogen-bond acceptors (Lipinski definition) is 6. The molecule has 3 N–H and O–H groups in total. The SMILES string of the molecule is COC(=O)CC(O)C(O)c1cccc2c1NC(=O)C2=O. The van der Waals surface area contributed by atoms with Crippen molar-refractivity contribution in [2.75, 3.05) is 12.4 Å².